The van der Waals surface area contributed by atoms with E-state index < -0.39 is 21.8 Å². The lowest BCUT2D eigenvalue weighted by Gasteiger charge is -2.29. The Hall–Kier alpha value is -1.73. The number of carboxylic acids is 1. The summed E-state index contributed by atoms with van der Waals surface area (Å²) in [6, 6.07) is 2.17. The van der Waals surface area contributed by atoms with Gasteiger partial charge in [-0.3, -0.25) is 0 Å². The number of sulfonamides is 1. The standard InChI is InChI=1S/C14H16FNO4S/c1-9(2)8-21(19,20)16-4-3-12-10(7-16)5-11(15)6-13(12)14(17)18/h5-6H,1,3-4,7-8H2,2H3,(H,17,18). The van der Waals surface area contributed by atoms with E-state index in [1.807, 2.05) is 0 Å². The molecule has 1 aliphatic heterocycles. The minimum Gasteiger partial charge on any atom is -0.478 e. The van der Waals surface area contributed by atoms with Crippen molar-refractivity contribution in [2.75, 3.05) is 12.3 Å². The average Bonchev–Trinajstić information content (AvgIpc) is 2.35. The van der Waals surface area contributed by atoms with E-state index in [9.17, 15) is 17.6 Å². The number of carbonyl (C=O) groups is 1. The molecule has 114 valence electrons. The molecule has 0 spiro atoms. The molecule has 0 fully saturated rings. The number of rotatable bonds is 4. The van der Waals surface area contributed by atoms with Gasteiger partial charge in [0.15, 0.2) is 0 Å². The first-order valence-corrected chi connectivity index (χ1v) is 7.98. The fourth-order valence-electron chi connectivity index (χ4n) is 2.47. The Balaban J connectivity index is 2.37. The predicted octanol–water partition coefficient (Wildman–Crippen LogP) is 1.79. The molecule has 0 amide bonds. The van der Waals surface area contributed by atoms with Gasteiger partial charge in [0.05, 0.1) is 11.3 Å². The van der Waals surface area contributed by atoms with E-state index in [1.165, 1.54) is 10.4 Å². The van der Waals surface area contributed by atoms with Gasteiger partial charge in [0.1, 0.15) is 5.82 Å². The summed E-state index contributed by atoms with van der Waals surface area (Å²) >= 11 is 0. The number of nitrogens with zero attached hydrogens (tertiary/aromatic N) is 1. The van der Waals surface area contributed by atoms with Gasteiger partial charge in [-0.2, -0.15) is 4.31 Å². The molecule has 21 heavy (non-hydrogen) atoms. The molecular formula is C14H16FNO4S. The molecule has 1 heterocycles. The molecule has 0 saturated carbocycles. The number of hydrogen-bond acceptors (Lipinski definition) is 3. The van der Waals surface area contributed by atoms with Crippen molar-refractivity contribution in [1.82, 2.24) is 4.31 Å². The van der Waals surface area contributed by atoms with Gasteiger partial charge in [0.2, 0.25) is 10.0 Å². The van der Waals surface area contributed by atoms with Crippen molar-refractivity contribution in [3.8, 4) is 0 Å². The Labute approximate surface area is 122 Å². The minimum atomic E-state index is -3.51. The van der Waals surface area contributed by atoms with Crippen LogP contribution in [0.25, 0.3) is 0 Å². The molecule has 1 N–H and O–H groups in total. The van der Waals surface area contributed by atoms with Crippen molar-refractivity contribution in [2.45, 2.75) is 19.9 Å². The number of halogens is 1. The van der Waals surface area contributed by atoms with Crippen molar-refractivity contribution in [3.05, 3.63) is 46.8 Å². The molecule has 7 heteroatoms. The summed E-state index contributed by atoms with van der Waals surface area (Å²) in [4.78, 5) is 11.1. The Bertz CT molecular complexity index is 712. The van der Waals surface area contributed by atoms with Crippen LogP contribution in [0.3, 0.4) is 0 Å². The van der Waals surface area contributed by atoms with Crippen molar-refractivity contribution in [3.63, 3.8) is 0 Å². The molecule has 1 aromatic carbocycles. The van der Waals surface area contributed by atoms with E-state index in [2.05, 4.69) is 6.58 Å². The lowest BCUT2D eigenvalue weighted by Crippen LogP contribution is -2.38. The Morgan fingerprint density at radius 2 is 2.14 bits per heavy atom. The van der Waals surface area contributed by atoms with Crippen LogP contribution in [-0.4, -0.2) is 36.1 Å². The molecule has 1 aromatic rings. The van der Waals surface area contributed by atoms with E-state index >= 15 is 0 Å². The number of aromatic carboxylic acids is 1. The van der Waals surface area contributed by atoms with Gasteiger partial charge in [-0.1, -0.05) is 12.2 Å². The Kier molecular flexibility index (Phi) is 4.15. The van der Waals surface area contributed by atoms with E-state index in [0.29, 0.717) is 16.7 Å². The largest absolute Gasteiger partial charge is 0.478 e. The summed E-state index contributed by atoms with van der Waals surface area (Å²) < 4.78 is 39.1. The zero-order valence-electron chi connectivity index (χ0n) is 11.6. The topological polar surface area (TPSA) is 74.7 Å². The van der Waals surface area contributed by atoms with Crippen LogP contribution in [0, 0.1) is 5.82 Å². The summed E-state index contributed by atoms with van der Waals surface area (Å²) in [5.74, 6) is -2.04. The second kappa shape index (κ2) is 5.57. The first-order chi connectivity index (χ1) is 9.70. The van der Waals surface area contributed by atoms with E-state index in [1.54, 1.807) is 6.92 Å². The van der Waals surface area contributed by atoms with E-state index in [0.717, 1.165) is 6.07 Å². The molecule has 0 atom stereocenters. The highest BCUT2D eigenvalue weighted by molar-refractivity contribution is 7.89. The molecule has 0 unspecified atom stereocenters. The fourth-order valence-corrected chi connectivity index (χ4v) is 3.98. The lowest BCUT2D eigenvalue weighted by molar-refractivity contribution is 0.0694. The number of carboxylic acid groups (broad SMARTS) is 1. The van der Waals surface area contributed by atoms with Crippen molar-refractivity contribution >= 4 is 16.0 Å². The summed E-state index contributed by atoms with van der Waals surface area (Å²) in [5.41, 5.74) is 1.34. The van der Waals surface area contributed by atoms with Crippen LogP contribution in [0.15, 0.2) is 24.3 Å². The van der Waals surface area contributed by atoms with Crippen molar-refractivity contribution in [1.29, 1.82) is 0 Å². The zero-order valence-corrected chi connectivity index (χ0v) is 12.4. The molecule has 2 rings (SSSR count). The maximum Gasteiger partial charge on any atom is 0.336 e. The first kappa shape index (κ1) is 15.7. The van der Waals surface area contributed by atoms with Gasteiger partial charge in [-0.15, -0.1) is 0 Å². The fraction of sp³-hybridized carbons (Fsp3) is 0.357. The van der Waals surface area contributed by atoms with Crippen LogP contribution in [0.1, 0.15) is 28.4 Å². The normalized spacial score (nSPS) is 15.5. The molecule has 5 nitrogen and oxygen atoms in total. The van der Waals surface area contributed by atoms with Crippen LogP contribution >= 0.6 is 0 Å². The maximum atomic E-state index is 13.5. The number of benzene rings is 1. The van der Waals surface area contributed by atoms with Gasteiger partial charge >= 0.3 is 5.97 Å². The van der Waals surface area contributed by atoms with E-state index in [-0.39, 0.29) is 30.8 Å². The van der Waals surface area contributed by atoms with Gasteiger partial charge in [0, 0.05) is 13.1 Å². The molecule has 0 aliphatic carbocycles. The van der Waals surface area contributed by atoms with Crippen LogP contribution in [0.2, 0.25) is 0 Å². The smallest absolute Gasteiger partial charge is 0.336 e. The molecule has 0 aromatic heterocycles. The van der Waals surface area contributed by atoms with Gasteiger partial charge in [0.25, 0.3) is 0 Å². The average molecular weight is 313 g/mol. The van der Waals surface area contributed by atoms with Crippen molar-refractivity contribution in [2.24, 2.45) is 0 Å². The molecular weight excluding hydrogens is 297 g/mol. The first-order valence-electron chi connectivity index (χ1n) is 6.37. The SMILES string of the molecule is C=C(C)CS(=O)(=O)N1CCc2c(cc(F)cc2C(=O)O)C1. The highest BCUT2D eigenvalue weighted by atomic mass is 32.2. The number of fused-ring (bicyclic) bond motifs is 1. The molecule has 0 radical (unpaired) electrons. The van der Waals surface area contributed by atoms with Crippen LogP contribution in [0.5, 0.6) is 0 Å². The molecule has 0 bridgehead atoms. The third-order valence-corrected chi connectivity index (χ3v) is 5.27. The van der Waals surface area contributed by atoms with Crippen LogP contribution in [-0.2, 0) is 23.0 Å². The van der Waals surface area contributed by atoms with Gasteiger partial charge in [-0.25, -0.2) is 17.6 Å². The Morgan fingerprint density at radius 1 is 1.48 bits per heavy atom. The van der Waals surface area contributed by atoms with Gasteiger partial charge in [-0.05, 0) is 36.6 Å². The minimum absolute atomic E-state index is 0.0109. The summed E-state index contributed by atoms with van der Waals surface area (Å²) in [6.07, 6.45) is 0.257. The van der Waals surface area contributed by atoms with Crippen LogP contribution < -0.4 is 0 Å². The van der Waals surface area contributed by atoms with Gasteiger partial charge < -0.3 is 5.11 Å². The third-order valence-electron chi connectivity index (χ3n) is 3.32. The molecule has 1 aliphatic rings. The second-order valence-electron chi connectivity index (χ2n) is 5.19. The maximum absolute atomic E-state index is 13.5. The quantitative estimate of drug-likeness (QED) is 0.860. The highest BCUT2D eigenvalue weighted by Gasteiger charge is 2.29. The summed E-state index contributed by atoms with van der Waals surface area (Å²) in [7, 11) is -3.51. The monoisotopic (exact) mass is 313 g/mol. The van der Waals surface area contributed by atoms with E-state index in [4.69, 9.17) is 5.11 Å². The highest BCUT2D eigenvalue weighted by Crippen LogP contribution is 2.26. The summed E-state index contributed by atoms with van der Waals surface area (Å²) in [5, 5.41) is 9.10. The second-order valence-corrected chi connectivity index (χ2v) is 7.16. The zero-order chi connectivity index (χ0) is 15.8. The predicted molar refractivity (Wildman–Crippen MR) is 76.1 cm³/mol. The lowest BCUT2D eigenvalue weighted by atomic mass is 9.95. The summed E-state index contributed by atoms with van der Waals surface area (Å²) in [6.45, 7) is 5.39. The van der Waals surface area contributed by atoms with Crippen LogP contribution in [0.4, 0.5) is 4.39 Å². The third kappa shape index (κ3) is 3.30. The van der Waals surface area contributed by atoms with Crippen molar-refractivity contribution < 1.29 is 22.7 Å². The number of hydrogen-bond donors (Lipinski definition) is 1. The molecule has 0 saturated heterocycles. The Morgan fingerprint density at radius 3 is 2.71 bits per heavy atom.